The quantitative estimate of drug-likeness (QED) is 0.739. The zero-order valence-corrected chi connectivity index (χ0v) is 12.6. The fourth-order valence-corrected chi connectivity index (χ4v) is 2.28. The van der Waals surface area contributed by atoms with Crippen LogP contribution < -0.4 is 0 Å². The van der Waals surface area contributed by atoms with Gasteiger partial charge in [0.2, 0.25) is 0 Å². The molecule has 0 aliphatic rings. The predicted molar refractivity (Wildman–Crippen MR) is 78.0 cm³/mol. The zero-order valence-electron chi connectivity index (χ0n) is 11.8. The summed E-state index contributed by atoms with van der Waals surface area (Å²) >= 11 is 6.21. The maximum absolute atomic E-state index is 13.3. The van der Waals surface area contributed by atoms with Gasteiger partial charge in [0.15, 0.2) is 0 Å². The molecule has 0 radical (unpaired) electrons. The minimum atomic E-state index is -0.261. The minimum Gasteiger partial charge on any atom is -0.326 e. The van der Waals surface area contributed by atoms with Crippen LogP contribution in [-0.4, -0.2) is 9.55 Å². The average molecular weight is 283 g/mol. The number of hydrogen-bond acceptors (Lipinski definition) is 1. The summed E-state index contributed by atoms with van der Waals surface area (Å²) in [5, 5.41) is -0.185. The van der Waals surface area contributed by atoms with Crippen molar-refractivity contribution in [3.63, 3.8) is 0 Å². The van der Waals surface area contributed by atoms with E-state index in [4.69, 9.17) is 11.6 Å². The second-order valence-electron chi connectivity index (χ2n) is 5.55. The lowest BCUT2D eigenvalue weighted by atomic mass is 9.98. The molecule has 0 saturated carbocycles. The van der Waals surface area contributed by atoms with Crippen molar-refractivity contribution in [2.45, 2.75) is 39.6 Å². The van der Waals surface area contributed by atoms with Crippen LogP contribution >= 0.6 is 11.6 Å². The second kappa shape index (κ2) is 5.49. The van der Waals surface area contributed by atoms with Gasteiger partial charge in [-0.3, -0.25) is 0 Å². The fourth-order valence-electron chi connectivity index (χ4n) is 2.12. The van der Waals surface area contributed by atoms with Gasteiger partial charge in [0.25, 0.3) is 0 Å². The molecule has 1 heterocycles. The van der Waals surface area contributed by atoms with E-state index >= 15 is 0 Å². The fraction of sp³-hybridized carbons (Fsp3) is 0.533. The molecule has 0 aliphatic heterocycles. The Hall–Kier alpha value is -1.09. The number of aromatic nitrogens is 2. The third kappa shape index (κ3) is 2.92. The Balaban J connectivity index is 2.52. The van der Waals surface area contributed by atoms with Crippen LogP contribution in [0.4, 0.5) is 4.39 Å². The lowest BCUT2D eigenvalue weighted by Crippen LogP contribution is -2.15. The molecule has 0 amide bonds. The van der Waals surface area contributed by atoms with E-state index in [2.05, 4.69) is 30.3 Å². The van der Waals surface area contributed by atoms with Crippen molar-refractivity contribution in [2.75, 3.05) is 0 Å². The summed E-state index contributed by atoms with van der Waals surface area (Å²) in [7, 11) is 0. The number of nitrogens with zero attached hydrogens (tertiary/aromatic N) is 2. The van der Waals surface area contributed by atoms with Crippen LogP contribution in [0.2, 0.25) is 0 Å². The molecule has 2 aromatic rings. The van der Waals surface area contributed by atoms with Crippen molar-refractivity contribution < 1.29 is 4.39 Å². The summed E-state index contributed by atoms with van der Waals surface area (Å²) in [5.41, 5.74) is 1.63. The van der Waals surface area contributed by atoms with Crippen molar-refractivity contribution in [1.29, 1.82) is 0 Å². The standard InChI is InChI=1S/C15H20ClFN2/c1-9(2)10(3)8-19-14-6-5-12(17)7-13(14)18-15(19)11(4)16/h5-7,9-11H,8H2,1-4H3. The molecule has 0 N–H and O–H groups in total. The smallest absolute Gasteiger partial charge is 0.127 e. The van der Waals surface area contributed by atoms with Gasteiger partial charge in [-0.25, -0.2) is 9.37 Å². The first kappa shape index (κ1) is 14.3. The topological polar surface area (TPSA) is 17.8 Å². The molecule has 2 unspecified atom stereocenters. The van der Waals surface area contributed by atoms with Crippen molar-refractivity contribution in [3.8, 4) is 0 Å². The number of alkyl halides is 1. The van der Waals surface area contributed by atoms with Gasteiger partial charge in [-0.2, -0.15) is 0 Å². The normalized spacial score (nSPS) is 15.1. The van der Waals surface area contributed by atoms with Crippen molar-refractivity contribution in [1.82, 2.24) is 9.55 Å². The van der Waals surface area contributed by atoms with Crippen LogP contribution in [0.5, 0.6) is 0 Å². The monoisotopic (exact) mass is 282 g/mol. The highest BCUT2D eigenvalue weighted by molar-refractivity contribution is 6.20. The summed E-state index contributed by atoms with van der Waals surface area (Å²) in [4.78, 5) is 4.48. The summed E-state index contributed by atoms with van der Waals surface area (Å²) in [6.07, 6.45) is 0. The van der Waals surface area contributed by atoms with Gasteiger partial charge >= 0.3 is 0 Å². The van der Waals surface area contributed by atoms with E-state index in [-0.39, 0.29) is 11.2 Å². The SMILES string of the molecule is CC(Cl)c1nc2cc(F)ccc2n1CC(C)C(C)C. The molecule has 104 valence electrons. The largest absolute Gasteiger partial charge is 0.326 e. The molecule has 0 fully saturated rings. The third-order valence-corrected chi connectivity index (χ3v) is 3.90. The Labute approximate surface area is 118 Å². The summed E-state index contributed by atoms with van der Waals surface area (Å²) in [6.45, 7) is 9.37. The molecule has 2 atom stereocenters. The molecule has 1 aromatic carbocycles. The first-order valence-corrected chi connectivity index (χ1v) is 7.13. The van der Waals surface area contributed by atoms with E-state index in [1.54, 1.807) is 6.07 Å². The molecule has 4 heteroatoms. The Morgan fingerprint density at radius 1 is 1.26 bits per heavy atom. The van der Waals surface area contributed by atoms with Gasteiger partial charge in [0, 0.05) is 12.6 Å². The van der Waals surface area contributed by atoms with Crippen LogP contribution in [0.15, 0.2) is 18.2 Å². The Morgan fingerprint density at radius 2 is 1.95 bits per heavy atom. The number of benzene rings is 1. The van der Waals surface area contributed by atoms with Gasteiger partial charge in [-0.15, -0.1) is 11.6 Å². The highest BCUT2D eigenvalue weighted by Gasteiger charge is 2.18. The minimum absolute atomic E-state index is 0.185. The number of halogens is 2. The van der Waals surface area contributed by atoms with Crippen molar-refractivity contribution in [3.05, 3.63) is 29.8 Å². The molecule has 0 spiro atoms. The van der Waals surface area contributed by atoms with E-state index in [0.717, 1.165) is 17.9 Å². The van der Waals surface area contributed by atoms with E-state index < -0.39 is 0 Å². The molecular weight excluding hydrogens is 263 g/mol. The Kier molecular flexibility index (Phi) is 4.14. The Bertz CT molecular complexity index is 575. The van der Waals surface area contributed by atoms with E-state index in [9.17, 15) is 4.39 Å². The van der Waals surface area contributed by atoms with Crippen molar-refractivity contribution in [2.24, 2.45) is 11.8 Å². The second-order valence-corrected chi connectivity index (χ2v) is 6.21. The molecule has 1 aromatic heterocycles. The van der Waals surface area contributed by atoms with Gasteiger partial charge in [0.05, 0.1) is 16.4 Å². The molecule has 2 nitrogen and oxygen atoms in total. The predicted octanol–water partition coefficient (Wildman–Crippen LogP) is 4.77. The first-order chi connectivity index (χ1) is 8.90. The molecule has 0 saturated heterocycles. The van der Waals surface area contributed by atoms with Crippen LogP contribution in [0.1, 0.15) is 38.9 Å². The maximum Gasteiger partial charge on any atom is 0.127 e. The zero-order chi connectivity index (χ0) is 14.2. The van der Waals surface area contributed by atoms with Gasteiger partial charge < -0.3 is 4.57 Å². The summed E-state index contributed by atoms with van der Waals surface area (Å²) in [6, 6.07) is 4.73. The van der Waals surface area contributed by atoms with E-state index in [1.165, 1.54) is 12.1 Å². The van der Waals surface area contributed by atoms with Crippen LogP contribution in [0, 0.1) is 17.7 Å². The number of rotatable bonds is 4. The van der Waals surface area contributed by atoms with Crippen LogP contribution in [-0.2, 0) is 6.54 Å². The molecule has 2 rings (SSSR count). The molecule has 0 bridgehead atoms. The Morgan fingerprint density at radius 3 is 2.53 bits per heavy atom. The lowest BCUT2D eigenvalue weighted by molar-refractivity contribution is 0.364. The maximum atomic E-state index is 13.3. The molecule has 0 aliphatic carbocycles. The van der Waals surface area contributed by atoms with Gasteiger partial charge in [-0.05, 0) is 30.9 Å². The number of fused-ring (bicyclic) bond motifs is 1. The van der Waals surface area contributed by atoms with Crippen LogP contribution in [0.3, 0.4) is 0 Å². The lowest BCUT2D eigenvalue weighted by Gasteiger charge is -2.19. The van der Waals surface area contributed by atoms with E-state index in [0.29, 0.717) is 17.4 Å². The van der Waals surface area contributed by atoms with Gasteiger partial charge in [0.1, 0.15) is 11.6 Å². The van der Waals surface area contributed by atoms with Crippen molar-refractivity contribution >= 4 is 22.6 Å². The van der Waals surface area contributed by atoms with E-state index in [1.807, 2.05) is 6.92 Å². The first-order valence-electron chi connectivity index (χ1n) is 6.70. The highest BCUT2D eigenvalue weighted by atomic mass is 35.5. The molecular formula is C15H20ClFN2. The number of imidazole rings is 1. The third-order valence-electron chi connectivity index (χ3n) is 3.70. The average Bonchev–Trinajstić information content (AvgIpc) is 2.67. The van der Waals surface area contributed by atoms with Gasteiger partial charge in [-0.1, -0.05) is 20.8 Å². The van der Waals surface area contributed by atoms with Crippen LogP contribution in [0.25, 0.3) is 11.0 Å². The highest BCUT2D eigenvalue weighted by Crippen LogP contribution is 2.27. The summed E-state index contributed by atoms with van der Waals surface area (Å²) < 4.78 is 15.4. The summed E-state index contributed by atoms with van der Waals surface area (Å²) in [5.74, 6) is 1.64. The number of hydrogen-bond donors (Lipinski definition) is 0. The molecule has 19 heavy (non-hydrogen) atoms.